The molecule has 16 heteroatoms. The van der Waals surface area contributed by atoms with Gasteiger partial charge in [0.1, 0.15) is 0 Å². The van der Waals surface area contributed by atoms with Crippen LogP contribution in [0.5, 0.6) is 0 Å². The minimum atomic E-state index is -8.43. The maximum absolute atomic E-state index is 14.4. The number of carbonyl (C=O) groups is 1. The van der Waals surface area contributed by atoms with Crippen molar-refractivity contribution in [3.8, 4) is 0 Å². The third-order valence-corrected chi connectivity index (χ3v) is 10.6. The van der Waals surface area contributed by atoms with Crippen LogP contribution in [0.3, 0.4) is 0 Å². The quantitative estimate of drug-likeness (QED) is 0.0934. The molecule has 0 radical (unpaired) electrons. The second-order valence-corrected chi connectivity index (χ2v) is 13.9. The van der Waals surface area contributed by atoms with Crippen LogP contribution in [0.2, 0.25) is 0 Å². The molecule has 2 aliphatic carbocycles. The second kappa shape index (κ2) is 15.4. The van der Waals surface area contributed by atoms with Gasteiger partial charge in [0, 0.05) is 5.56 Å². The van der Waals surface area contributed by atoms with Crippen LogP contribution < -0.4 is 0 Å². The minimum absolute atomic E-state index is 0.317. The molecule has 0 heterocycles. The highest BCUT2D eigenvalue weighted by molar-refractivity contribution is 6.02. The van der Waals surface area contributed by atoms with E-state index in [1.165, 1.54) is 57.8 Å². The largest absolute Gasteiger partial charge is 0.460 e. The Kier molecular flexibility index (Phi) is 13.0. The number of ketones is 1. The maximum Gasteiger partial charge on any atom is 0.460 e. The van der Waals surface area contributed by atoms with Crippen molar-refractivity contribution in [2.75, 3.05) is 0 Å². The van der Waals surface area contributed by atoms with E-state index in [0.29, 0.717) is 48.3 Å². The first-order valence-electron chi connectivity index (χ1n) is 16.8. The Balaban J connectivity index is 1.57. The standard InChI is InChI=1S/C34H41F15O/c1-2-3-4-5-6-21-9-15-24(16-10-21)25-17-11-22(12-18-25)7-8-23-13-19-26(20-14-23)27(50)28(35,36)29(37,38)30(39,40)31(41,42)32(43,44)33(45,46)34(47,48)49/h13-14,19-22,24-25H,2-12,15-18H2,1H3/t21-,22?,24-,25?. The van der Waals surface area contributed by atoms with Gasteiger partial charge >= 0.3 is 41.7 Å². The van der Waals surface area contributed by atoms with Crippen molar-refractivity contribution in [3.05, 3.63) is 35.4 Å². The van der Waals surface area contributed by atoms with Crippen LogP contribution in [-0.4, -0.2) is 47.5 Å². The van der Waals surface area contributed by atoms with Gasteiger partial charge in [0.25, 0.3) is 0 Å². The Morgan fingerprint density at radius 3 is 1.40 bits per heavy atom. The summed E-state index contributed by atoms with van der Waals surface area (Å²) >= 11 is 0. The molecule has 0 aromatic heterocycles. The highest BCUT2D eigenvalue weighted by atomic mass is 19.4. The molecule has 2 aliphatic rings. The summed E-state index contributed by atoms with van der Waals surface area (Å²) in [6, 6.07) is 2.94. The SMILES string of the molecule is CCCCCC[C@H]1CC[C@H](C2CCC(CCc3ccc(C(=O)C(F)(F)C(F)(F)C(F)(F)C(F)(F)C(F)(F)C(F)(F)C(F)(F)F)cc3)CC2)CC1. The molecule has 0 N–H and O–H groups in total. The zero-order valence-electron chi connectivity index (χ0n) is 27.3. The number of hydrogen-bond acceptors (Lipinski definition) is 1. The van der Waals surface area contributed by atoms with Gasteiger partial charge in [0.2, 0.25) is 5.78 Å². The predicted molar refractivity (Wildman–Crippen MR) is 154 cm³/mol. The fourth-order valence-corrected chi connectivity index (χ4v) is 7.24. The zero-order chi connectivity index (χ0) is 38.0. The fraction of sp³-hybridized carbons (Fsp3) is 0.794. The van der Waals surface area contributed by atoms with Crippen molar-refractivity contribution in [1.29, 1.82) is 0 Å². The summed E-state index contributed by atoms with van der Waals surface area (Å²) in [5, 5.41) is 0. The van der Waals surface area contributed by atoms with Crippen LogP contribution in [0.4, 0.5) is 65.9 Å². The molecule has 50 heavy (non-hydrogen) atoms. The van der Waals surface area contributed by atoms with Crippen molar-refractivity contribution < 1.29 is 70.7 Å². The molecule has 0 atom stereocenters. The molecule has 1 nitrogen and oxygen atoms in total. The van der Waals surface area contributed by atoms with Crippen molar-refractivity contribution >= 4 is 5.78 Å². The number of unbranched alkanes of at least 4 members (excludes halogenated alkanes) is 3. The van der Waals surface area contributed by atoms with Gasteiger partial charge in [-0.2, -0.15) is 65.9 Å². The predicted octanol–water partition coefficient (Wildman–Crippen LogP) is 12.8. The molecule has 0 spiro atoms. The fourth-order valence-electron chi connectivity index (χ4n) is 7.24. The number of rotatable bonds is 16. The highest BCUT2D eigenvalue weighted by Crippen LogP contribution is 2.62. The molecule has 0 amide bonds. The Bertz CT molecular complexity index is 1240. The molecule has 0 saturated heterocycles. The molecule has 288 valence electrons. The molecule has 0 unspecified atom stereocenters. The van der Waals surface area contributed by atoms with Crippen molar-refractivity contribution in [3.63, 3.8) is 0 Å². The number of Topliss-reactive ketones (excluding diaryl/α,β-unsaturated/α-hetero) is 1. The lowest BCUT2D eigenvalue weighted by Crippen LogP contribution is -2.73. The first-order chi connectivity index (χ1) is 22.9. The first kappa shape index (κ1) is 42.3. The minimum Gasteiger partial charge on any atom is -0.287 e. The van der Waals surface area contributed by atoms with Crippen LogP contribution in [0.15, 0.2) is 24.3 Å². The van der Waals surface area contributed by atoms with Gasteiger partial charge in [-0.15, -0.1) is 0 Å². The first-order valence-corrected chi connectivity index (χ1v) is 16.8. The summed E-state index contributed by atoms with van der Waals surface area (Å²) in [4.78, 5) is 12.1. The van der Waals surface area contributed by atoms with Crippen LogP contribution in [-0.2, 0) is 6.42 Å². The van der Waals surface area contributed by atoms with E-state index in [9.17, 15) is 70.7 Å². The van der Waals surface area contributed by atoms with Gasteiger partial charge in [-0.05, 0) is 67.8 Å². The topological polar surface area (TPSA) is 17.1 Å². The van der Waals surface area contributed by atoms with E-state index in [1.807, 2.05) is 0 Å². The molecule has 2 saturated carbocycles. The second-order valence-electron chi connectivity index (χ2n) is 13.9. The van der Waals surface area contributed by atoms with Gasteiger partial charge in [0.15, 0.2) is 0 Å². The van der Waals surface area contributed by atoms with Gasteiger partial charge in [-0.3, -0.25) is 4.79 Å². The molecule has 2 fully saturated rings. The number of carbonyl (C=O) groups excluding carboxylic acids is 1. The smallest absolute Gasteiger partial charge is 0.287 e. The average molecular weight is 751 g/mol. The van der Waals surface area contributed by atoms with Crippen LogP contribution in [0.25, 0.3) is 0 Å². The number of alkyl halides is 15. The van der Waals surface area contributed by atoms with E-state index < -0.39 is 53.1 Å². The molecule has 0 bridgehead atoms. The zero-order valence-corrected chi connectivity index (χ0v) is 27.3. The van der Waals surface area contributed by atoms with Crippen molar-refractivity contribution in [1.82, 2.24) is 0 Å². The summed E-state index contributed by atoms with van der Waals surface area (Å²) < 4.78 is 203. The molecule has 1 aromatic rings. The Morgan fingerprint density at radius 1 is 0.540 bits per heavy atom. The van der Waals surface area contributed by atoms with Gasteiger partial charge in [-0.25, -0.2) is 0 Å². The van der Waals surface area contributed by atoms with Gasteiger partial charge in [0.05, 0.1) is 0 Å². The summed E-state index contributed by atoms with van der Waals surface area (Å²) in [6.07, 6.45) is 8.59. The van der Waals surface area contributed by atoms with Gasteiger partial charge in [-0.1, -0.05) is 89.0 Å². The van der Waals surface area contributed by atoms with E-state index in [2.05, 4.69) is 6.92 Å². The summed E-state index contributed by atoms with van der Waals surface area (Å²) in [6.45, 7) is 2.19. The van der Waals surface area contributed by atoms with Crippen LogP contribution in [0.1, 0.15) is 113 Å². The molecule has 3 rings (SSSR count). The van der Waals surface area contributed by atoms with Crippen LogP contribution >= 0.6 is 0 Å². The summed E-state index contributed by atoms with van der Waals surface area (Å²) in [5.74, 6) is -48.8. The Morgan fingerprint density at radius 2 is 0.960 bits per heavy atom. The molecule has 0 aliphatic heterocycles. The summed E-state index contributed by atoms with van der Waals surface area (Å²) in [7, 11) is 0. The Labute approximate surface area is 280 Å². The molecular weight excluding hydrogens is 709 g/mol. The highest BCUT2D eigenvalue weighted by Gasteiger charge is 2.94. The van der Waals surface area contributed by atoms with E-state index in [4.69, 9.17) is 0 Å². The van der Waals surface area contributed by atoms with E-state index in [0.717, 1.165) is 43.7 Å². The van der Waals surface area contributed by atoms with Crippen LogP contribution in [0, 0.1) is 23.7 Å². The lowest BCUT2D eigenvalue weighted by atomic mass is 9.68. The summed E-state index contributed by atoms with van der Waals surface area (Å²) in [5.41, 5.74) is -1.05. The molecule has 1 aromatic carbocycles. The number of halogens is 15. The number of hydrogen-bond donors (Lipinski definition) is 0. The van der Waals surface area contributed by atoms with Crippen molar-refractivity contribution in [2.24, 2.45) is 23.7 Å². The Hall–Kier alpha value is -2.16. The monoisotopic (exact) mass is 750 g/mol. The lowest BCUT2D eigenvalue weighted by molar-refractivity contribution is -0.449. The van der Waals surface area contributed by atoms with E-state index in [1.54, 1.807) is 0 Å². The third kappa shape index (κ3) is 8.07. The van der Waals surface area contributed by atoms with E-state index >= 15 is 0 Å². The molecular formula is C34H41F15O. The number of benzene rings is 1. The number of aryl methyl sites for hydroxylation is 1. The van der Waals surface area contributed by atoms with Crippen molar-refractivity contribution in [2.45, 2.75) is 145 Å². The van der Waals surface area contributed by atoms with Gasteiger partial charge < -0.3 is 0 Å². The lowest BCUT2D eigenvalue weighted by Gasteiger charge is -2.41. The third-order valence-electron chi connectivity index (χ3n) is 10.6. The van der Waals surface area contributed by atoms with E-state index in [-0.39, 0.29) is 0 Å². The average Bonchev–Trinajstić information content (AvgIpc) is 3.05. The normalized spacial score (nSPS) is 23.6. The maximum atomic E-state index is 14.4.